The monoisotopic (exact) mass is 252 g/mol. The molecule has 4 heteroatoms. The van der Waals surface area contributed by atoms with Crippen LogP contribution in [0.5, 0.6) is 0 Å². The summed E-state index contributed by atoms with van der Waals surface area (Å²) >= 11 is 0. The van der Waals surface area contributed by atoms with Crippen molar-refractivity contribution in [3.63, 3.8) is 0 Å². The van der Waals surface area contributed by atoms with Gasteiger partial charge in [0.05, 0.1) is 0 Å². The number of rotatable bonds is 3. The van der Waals surface area contributed by atoms with Gasteiger partial charge < -0.3 is 10.6 Å². The molecule has 2 rings (SSSR count). The molecule has 1 saturated carbocycles. The molecule has 1 aliphatic carbocycles. The predicted octanol–water partition coefficient (Wildman–Crippen LogP) is 1.60. The molecule has 2 atom stereocenters. The van der Waals surface area contributed by atoms with Crippen LogP contribution in [-0.2, 0) is 9.59 Å². The molecule has 0 bridgehead atoms. The zero-order valence-electron chi connectivity index (χ0n) is 11.4. The van der Waals surface area contributed by atoms with Crippen LogP contribution in [-0.4, -0.2) is 23.9 Å². The Bertz CT molecular complexity index is 322. The number of carbonyl (C=O) groups excluding carboxylic acids is 2. The Morgan fingerprint density at radius 1 is 1.06 bits per heavy atom. The summed E-state index contributed by atoms with van der Waals surface area (Å²) in [5.74, 6) is 0.722. The largest absolute Gasteiger partial charge is 0.343 e. The summed E-state index contributed by atoms with van der Waals surface area (Å²) in [6.07, 6.45) is 7.06. The third-order valence-corrected chi connectivity index (χ3v) is 4.17. The highest BCUT2D eigenvalue weighted by Gasteiger charge is 2.36. The average Bonchev–Trinajstić information content (AvgIpc) is 2.34. The van der Waals surface area contributed by atoms with E-state index in [1.165, 1.54) is 32.1 Å². The Labute approximate surface area is 109 Å². The first-order chi connectivity index (χ1) is 8.58. The van der Waals surface area contributed by atoms with Crippen LogP contribution in [0.4, 0.5) is 0 Å². The molecular weight excluding hydrogens is 228 g/mol. The lowest BCUT2D eigenvalue weighted by molar-refractivity contribution is -0.138. The van der Waals surface area contributed by atoms with Crippen LogP contribution in [0.3, 0.4) is 0 Å². The summed E-state index contributed by atoms with van der Waals surface area (Å²) < 4.78 is 0. The zero-order valence-corrected chi connectivity index (χ0v) is 11.4. The van der Waals surface area contributed by atoms with Crippen molar-refractivity contribution in [1.29, 1.82) is 0 Å². The van der Waals surface area contributed by atoms with Crippen LogP contribution < -0.4 is 10.6 Å². The molecule has 0 aromatic rings. The summed E-state index contributed by atoms with van der Waals surface area (Å²) in [4.78, 5) is 23.9. The molecule has 2 N–H and O–H groups in total. The van der Waals surface area contributed by atoms with Crippen LogP contribution in [0, 0.1) is 11.8 Å². The first-order valence-electron chi connectivity index (χ1n) is 7.18. The predicted molar refractivity (Wildman–Crippen MR) is 69.9 cm³/mol. The highest BCUT2D eigenvalue weighted by Crippen LogP contribution is 2.28. The lowest BCUT2D eigenvalue weighted by Crippen LogP contribution is -2.63. The Morgan fingerprint density at radius 3 is 2.33 bits per heavy atom. The molecule has 1 aliphatic heterocycles. The number of carbonyl (C=O) groups is 2. The van der Waals surface area contributed by atoms with Crippen molar-refractivity contribution < 1.29 is 9.59 Å². The van der Waals surface area contributed by atoms with Gasteiger partial charge in [0.1, 0.15) is 12.1 Å². The molecule has 2 aliphatic rings. The summed E-state index contributed by atoms with van der Waals surface area (Å²) in [5, 5.41) is 5.75. The maximum absolute atomic E-state index is 12.0. The molecule has 0 aromatic carbocycles. The van der Waals surface area contributed by atoms with E-state index in [1.807, 2.05) is 13.8 Å². The lowest BCUT2D eigenvalue weighted by atomic mass is 9.84. The van der Waals surface area contributed by atoms with Gasteiger partial charge >= 0.3 is 0 Å². The minimum Gasteiger partial charge on any atom is -0.343 e. The van der Waals surface area contributed by atoms with E-state index < -0.39 is 0 Å². The van der Waals surface area contributed by atoms with Gasteiger partial charge in [0.15, 0.2) is 0 Å². The fraction of sp³-hybridized carbons (Fsp3) is 0.857. The van der Waals surface area contributed by atoms with E-state index in [0.717, 1.165) is 6.42 Å². The van der Waals surface area contributed by atoms with Gasteiger partial charge in [-0.1, -0.05) is 46.0 Å². The maximum atomic E-state index is 12.0. The smallest absolute Gasteiger partial charge is 0.243 e. The molecular formula is C14H24N2O2. The summed E-state index contributed by atoms with van der Waals surface area (Å²) in [5.41, 5.74) is 0. The molecule has 0 radical (unpaired) electrons. The fourth-order valence-electron chi connectivity index (χ4n) is 3.04. The van der Waals surface area contributed by atoms with Crippen molar-refractivity contribution in [2.24, 2.45) is 11.8 Å². The van der Waals surface area contributed by atoms with E-state index in [2.05, 4.69) is 10.6 Å². The summed E-state index contributed by atoms with van der Waals surface area (Å²) in [6.45, 7) is 3.90. The zero-order chi connectivity index (χ0) is 13.1. The van der Waals surface area contributed by atoms with E-state index in [9.17, 15) is 9.59 Å². The van der Waals surface area contributed by atoms with Gasteiger partial charge in [0, 0.05) is 0 Å². The molecule has 102 valence electrons. The van der Waals surface area contributed by atoms with Crippen LogP contribution >= 0.6 is 0 Å². The van der Waals surface area contributed by atoms with Gasteiger partial charge in [0.25, 0.3) is 0 Å². The maximum Gasteiger partial charge on any atom is 0.243 e. The van der Waals surface area contributed by atoms with E-state index in [1.54, 1.807) is 0 Å². The van der Waals surface area contributed by atoms with Crippen LogP contribution in [0.25, 0.3) is 0 Å². The van der Waals surface area contributed by atoms with Crippen molar-refractivity contribution in [3.8, 4) is 0 Å². The number of hydrogen-bond donors (Lipinski definition) is 2. The number of piperazine rings is 1. The Hall–Kier alpha value is -1.06. The number of nitrogens with one attached hydrogen (secondary N) is 2. The quantitative estimate of drug-likeness (QED) is 0.801. The van der Waals surface area contributed by atoms with Gasteiger partial charge in [0.2, 0.25) is 11.8 Å². The first kappa shape index (κ1) is 13.4. The standard InChI is InChI=1S/C14H24N2O2/c1-9(2)12-14(18)15-11(13(17)16-12)8-10-6-4-3-5-7-10/h9-12H,3-8H2,1-2H3,(H,15,18)(H,16,17)/t11?,12-/m1/s1. The van der Waals surface area contributed by atoms with Gasteiger partial charge in [-0.15, -0.1) is 0 Å². The van der Waals surface area contributed by atoms with Crippen LogP contribution in [0.15, 0.2) is 0 Å². The molecule has 1 heterocycles. The second kappa shape index (κ2) is 5.72. The molecule has 2 amide bonds. The number of hydrogen-bond acceptors (Lipinski definition) is 2. The average molecular weight is 252 g/mol. The van der Waals surface area contributed by atoms with Crippen molar-refractivity contribution in [2.75, 3.05) is 0 Å². The van der Waals surface area contributed by atoms with Crippen molar-refractivity contribution >= 4 is 11.8 Å². The second-order valence-corrected chi connectivity index (χ2v) is 6.03. The fourth-order valence-corrected chi connectivity index (χ4v) is 3.04. The molecule has 1 saturated heterocycles. The van der Waals surface area contributed by atoms with Crippen LogP contribution in [0.2, 0.25) is 0 Å². The second-order valence-electron chi connectivity index (χ2n) is 6.03. The van der Waals surface area contributed by atoms with E-state index in [0.29, 0.717) is 5.92 Å². The third kappa shape index (κ3) is 3.03. The normalized spacial score (nSPS) is 30.2. The molecule has 0 spiro atoms. The van der Waals surface area contributed by atoms with E-state index >= 15 is 0 Å². The van der Waals surface area contributed by atoms with Crippen molar-refractivity contribution in [2.45, 2.75) is 64.5 Å². The Morgan fingerprint density at radius 2 is 1.72 bits per heavy atom. The molecule has 1 unspecified atom stereocenters. The summed E-state index contributed by atoms with van der Waals surface area (Å²) in [6, 6.07) is -0.671. The van der Waals surface area contributed by atoms with Gasteiger partial charge in [-0.25, -0.2) is 0 Å². The number of amides is 2. The highest BCUT2D eigenvalue weighted by atomic mass is 16.2. The van der Waals surface area contributed by atoms with E-state index in [4.69, 9.17) is 0 Å². The highest BCUT2D eigenvalue weighted by molar-refractivity contribution is 5.97. The summed E-state index contributed by atoms with van der Waals surface area (Å²) in [7, 11) is 0. The van der Waals surface area contributed by atoms with Gasteiger partial charge in [-0.05, 0) is 18.3 Å². The third-order valence-electron chi connectivity index (χ3n) is 4.17. The van der Waals surface area contributed by atoms with Crippen LogP contribution in [0.1, 0.15) is 52.4 Å². The van der Waals surface area contributed by atoms with E-state index in [-0.39, 0.29) is 29.8 Å². The topological polar surface area (TPSA) is 58.2 Å². The van der Waals surface area contributed by atoms with Gasteiger partial charge in [-0.3, -0.25) is 9.59 Å². The van der Waals surface area contributed by atoms with Gasteiger partial charge in [-0.2, -0.15) is 0 Å². The Balaban J connectivity index is 1.90. The first-order valence-corrected chi connectivity index (χ1v) is 7.18. The van der Waals surface area contributed by atoms with Crippen molar-refractivity contribution in [3.05, 3.63) is 0 Å². The molecule has 18 heavy (non-hydrogen) atoms. The molecule has 2 fully saturated rings. The van der Waals surface area contributed by atoms with Crippen molar-refractivity contribution in [1.82, 2.24) is 10.6 Å². The Kier molecular flexibility index (Phi) is 4.25. The SMILES string of the molecule is CC(C)[C@H]1NC(=O)C(CC2CCCCC2)NC1=O. The minimum atomic E-state index is -0.361. The molecule has 4 nitrogen and oxygen atoms in total. The lowest BCUT2D eigenvalue weighted by Gasteiger charge is -2.34. The molecule has 0 aromatic heterocycles. The minimum absolute atomic E-state index is 0.00104.